The lowest BCUT2D eigenvalue weighted by atomic mass is 9.92. The average molecular weight is 294 g/mol. The van der Waals surface area contributed by atoms with Crippen LogP contribution in [0.5, 0.6) is 0 Å². The van der Waals surface area contributed by atoms with E-state index in [2.05, 4.69) is 52.3 Å². The Labute approximate surface area is 129 Å². The van der Waals surface area contributed by atoms with Gasteiger partial charge in [-0.3, -0.25) is 9.88 Å². The van der Waals surface area contributed by atoms with E-state index in [4.69, 9.17) is 0 Å². The molecule has 0 unspecified atom stereocenters. The first-order chi connectivity index (χ1) is 10.4. The van der Waals surface area contributed by atoms with Gasteiger partial charge in [-0.2, -0.15) is 0 Å². The van der Waals surface area contributed by atoms with E-state index in [0.717, 1.165) is 18.0 Å². The lowest BCUT2D eigenvalue weighted by Gasteiger charge is -2.39. The molecule has 0 atom stereocenters. The fourth-order valence-electron chi connectivity index (χ4n) is 3.10. The van der Waals surface area contributed by atoms with E-state index in [1.165, 1.54) is 34.7 Å². The zero-order chi connectivity index (χ0) is 14.1. The summed E-state index contributed by atoms with van der Waals surface area (Å²) < 4.78 is 1.30. The highest BCUT2D eigenvalue weighted by molar-refractivity contribution is 7.19. The van der Waals surface area contributed by atoms with Crippen molar-refractivity contribution in [1.29, 1.82) is 0 Å². The van der Waals surface area contributed by atoms with Crippen LogP contribution in [-0.4, -0.2) is 23.0 Å². The van der Waals surface area contributed by atoms with Gasteiger partial charge < -0.3 is 0 Å². The highest BCUT2D eigenvalue weighted by Gasteiger charge is 2.26. The molecule has 0 bridgehead atoms. The number of thiophene rings is 1. The number of aromatic nitrogens is 1. The number of pyridine rings is 1. The fourth-order valence-corrected chi connectivity index (χ4v) is 4.16. The number of likely N-dealkylation sites (tertiary alicyclic amines) is 1. The summed E-state index contributed by atoms with van der Waals surface area (Å²) in [6, 6.07) is 17.2. The van der Waals surface area contributed by atoms with Crippen LogP contribution < -0.4 is 0 Å². The molecular weight excluding hydrogens is 276 g/mol. The smallest absolute Gasteiger partial charge is 0.0813 e. The topological polar surface area (TPSA) is 16.1 Å². The molecule has 0 aliphatic carbocycles. The van der Waals surface area contributed by atoms with E-state index in [1.54, 1.807) is 0 Å². The van der Waals surface area contributed by atoms with Crippen LogP contribution in [0.15, 0.2) is 54.7 Å². The molecule has 1 aliphatic heterocycles. The third-order valence-electron chi connectivity index (χ3n) is 4.12. The Hall–Kier alpha value is -1.71. The number of fused-ring (bicyclic) bond motifs is 1. The van der Waals surface area contributed by atoms with Crippen LogP contribution in [0.3, 0.4) is 0 Å². The van der Waals surface area contributed by atoms with Gasteiger partial charge in [-0.05, 0) is 36.1 Å². The van der Waals surface area contributed by atoms with Gasteiger partial charge in [0.1, 0.15) is 0 Å². The van der Waals surface area contributed by atoms with Gasteiger partial charge in [0.25, 0.3) is 0 Å². The van der Waals surface area contributed by atoms with Crippen molar-refractivity contribution >= 4 is 21.6 Å². The second-order valence-corrected chi connectivity index (χ2v) is 7.02. The van der Waals surface area contributed by atoms with Crippen molar-refractivity contribution in [2.75, 3.05) is 13.1 Å². The first-order valence-corrected chi connectivity index (χ1v) is 8.28. The van der Waals surface area contributed by atoms with Crippen molar-refractivity contribution in [3.05, 3.63) is 65.2 Å². The fraction of sp³-hybridized carbons (Fsp3) is 0.278. The minimum Gasteiger partial charge on any atom is -0.298 e. The SMILES string of the molecule is c1ccc(CC2CN(Cc3cc4ncccc4s3)C2)cc1. The molecule has 3 heterocycles. The number of nitrogens with zero attached hydrogens (tertiary/aromatic N) is 2. The molecule has 0 radical (unpaired) electrons. The maximum absolute atomic E-state index is 4.42. The number of rotatable bonds is 4. The van der Waals surface area contributed by atoms with Crippen molar-refractivity contribution in [3.8, 4) is 0 Å². The van der Waals surface area contributed by atoms with Gasteiger partial charge in [-0.15, -0.1) is 11.3 Å². The molecule has 0 spiro atoms. The monoisotopic (exact) mass is 294 g/mol. The summed E-state index contributed by atoms with van der Waals surface area (Å²) in [5.74, 6) is 0.819. The summed E-state index contributed by atoms with van der Waals surface area (Å²) in [5, 5.41) is 0. The third kappa shape index (κ3) is 2.85. The van der Waals surface area contributed by atoms with Gasteiger partial charge in [0, 0.05) is 30.7 Å². The molecule has 2 nitrogen and oxygen atoms in total. The quantitative estimate of drug-likeness (QED) is 0.724. The van der Waals surface area contributed by atoms with Crippen molar-refractivity contribution in [2.45, 2.75) is 13.0 Å². The summed E-state index contributed by atoms with van der Waals surface area (Å²) in [6.07, 6.45) is 3.09. The van der Waals surface area contributed by atoms with E-state index in [9.17, 15) is 0 Å². The standard InChI is InChI=1S/C18H18N2S/c1-2-5-14(6-3-1)9-15-11-20(12-15)13-16-10-17-18(21-16)7-4-8-19-17/h1-8,10,15H,9,11-13H2. The molecule has 1 aliphatic rings. The van der Waals surface area contributed by atoms with E-state index in [1.807, 2.05) is 23.6 Å². The molecule has 4 rings (SSSR count). The molecule has 1 saturated heterocycles. The Balaban J connectivity index is 1.34. The Morgan fingerprint density at radius 1 is 1.10 bits per heavy atom. The Morgan fingerprint density at radius 2 is 1.95 bits per heavy atom. The van der Waals surface area contributed by atoms with Gasteiger partial charge >= 0.3 is 0 Å². The molecule has 1 fully saturated rings. The summed E-state index contributed by atoms with van der Waals surface area (Å²) in [4.78, 5) is 8.39. The van der Waals surface area contributed by atoms with Crippen LogP contribution in [0, 0.1) is 5.92 Å². The minimum absolute atomic E-state index is 0.819. The molecule has 106 valence electrons. The molecule has 2 aromatic heterocycles. The summed E-state index contributed by atoms with van der Waals surface area (Å²) >= 11 is 1.88. The molecular formula is C18H18N2S. The second kappa shape index (κ2) is 5.58. The Kier molecular flexibility index (Phi) is 3.45. The van der Waals surface area contributed by atoms with Crippen molar-refractivity contribution in [2.24, 2.45) is 5.92 Å². The van der Waals surface area contributed by atoms with E-state index >= 15 is 0 Å². The zero-order valence-electron chi connectivity index (χ0n) is 11.9. The van der Waals surface area contributed by atoms with Gasteiger partial charge in [0.05, 0.1) is 10.2 Å². The van der Waals surface area contributed by atoms with Gasteiger partial charge in [-0.1, -0.05) is 30.3 Å². The lowest BCUT2D eigenvalue weighted by Crippen LogP contribution is -2.46. The maximum Gasteiger partial charge on any atom is 0.0813 e. The average Bonchev–Trinajstić information content (AvgIpc) is 2.88. The third-order valence-corrected chi connectivity index (χ3v) is 5.19. The first kappa shape index (κ1) is 13.0. The van der Waals surface area contributed by atoms with Gasteiger partial charge in [-0.25, -0.2) is 0 Å². The zero-order valence-corrected chi connectivity index (χ0v) is 12.7. The van der Waals surface area contributed by atoms with Crippen molar-refractivity contribution in [3.63, 3.8) is 0 Å². The molecule has 0 saturated carbocycles. The van der Waals surface area contributed by atoms with Crippen LogP contribution in [-0.2, 0) is 13.0 Å². The van der Waals surface area contributed by atoms with Crippen LogP contribution in [0.1, 0.15) is 10.4 Å². The van der Waals surface area contributed by atoms with Crippen LogP contribution in [0.25, 0.3) is 10.2 Å². The van der Waals surface area contributed by atoms with Crippen LogP contribution >= 0.6 is 11.3 Å². The van der Waals surface area contributed by atoms with E-state index in [-0.39, 0.29) is 0 Å². The van der Waals surface area contributed by atoms with E-state index < -0.39 is 0 Å². The molecule has 3 heteroatoms. The number of hydrogen-bond donors (Lipinski definition) is 0. The maximum atomic E-state index is 4.42. The molecule has 3 aromatic rings. The Bertz CT molecular complexity index is 696. The largest absolute Gasteiger partial charge is 0.298 e. The second-order valence-electron chi connectivity index (χ2n) is 5.85. The number of benzene rings is 1. The minimum atomic E-state index is 0.819. The Morgan fingerprint density at radius 3 is 2.76 bits per heavy atom. The summed E-state index contributed by atoms with van der Waals surface area (Å²) in [7, 11) is 0. The highest BCUT2D eigenvalue weighted by atomic mass is 32.1. The normalized spacial score (nSPS) is 16.2. The van der Waals surface area contributed by atoms with Gasteiger partial charge in [0.15, 0.2) is 0 Å². The summed E-state index contributed by atoms with van der Waals surface area (Å²) in [6.45, 7) is 3.51. The van der Waals surface area contributed by atoms with Crippen molar-refractivity contribution < 1.29 is 0 Å². The molecule has 1 aromatic carbocycles. The predicted octanol–water partition coefficient (Wildman–Crippen LogP) is 3.97. The molecule has 0 amide bonds. The lowest BCUT2D eigenvalue weighted by molar-refractivity contribution is 0.0938. The van der Waals surface area contributed by atoms with Crippen LogP contribution in [0.4, 0.5) is 0 Å². The highest BCUT2D eigenvalue weighted by Crippen LogP contribution is 2.28. The number of hydrogen-bond acceptors (Lipinski definition) is 3. The molecule has 21 heavy (non-hydrogen) atoms. The first-order valence-electron chi connectivity index (χ1n) is 7.46. The predicted molar refractivity (Wildman–Crippen MR) is 88.5 cm³/mol. The summed E-state index contributed by atoms with van der Waals surface area (Å²) in [5.41, 5.74) is 2.60. The molecule has 0 N–H and O–H groups in total. The van der Waals surface area contributed by atoms with E-state index in [0.29, 0.717) is 0 Å². The van der Waals surface area contributed by atoms with Crippen molar-refractivity contribution in [1.82, 2.24) is 9.88 Å². The van der Waals surface area contributed by atoms with Gasteiger partial charge in [0.2, 0.25) is 0 Å². The van der Waals surface area contributed by atoms with Crippen LogP contribution in [0.2, 0.25) is 0 Å².